The highest BCUT2D eigenvalue weighted by molar-refractivity contribution is 7.89. The van der Waals surface area contributed by atoms with Gasteiger partial charge in [-0.15, -0.1) is 0 Å². The van der Waals surface area contributed by atoms with Crippen molar-refractivity contribution in [1.29, 1.82) is 0 Å². The van der Waals surface area contributed by atoms with Crippen LogP contribution in [-0.4, -0.2) is 28.8 Å². The van der Waals surface area contributed by atoms with Crippen molar-refractivity contribution in [1.82, 2.24) is 9.29 Å². The van der Waals surface area contributed by atoms with Gasteiger partial charge in [-0.05, 0) is 54.3 Å². The molecule has 0 bridgehead atoms. The third kappa shape index (κ3) is 5.18. The van der Waals surface area contributed by atoms with Crippen molar-refractivity contribution in [2.45, 2.75) is 44.2 Å². The number of benzene rings is 2. The van der Waals surface area contributed by atoms with Gasteiger partial charge in [-0.1, -0.05) is 55.8 Å². The van der Waals surface area contributed by atoms with Gasteiger partial charge in [0.1, 0.15) is 0 Å². The summed E-state index contributed by atoms with van der Waals surface area (Å²) in [6, 6.07) is 16.5. The van der Waals surface area contributed by atoms with E-state index in [0.29, 0.717) is 29.1 Å². The maximum atomic E-state index is 13.7. The second-order valence-corrected chi connectivity index (χ2v) is 9.65. The summed E-state index contributed by atoms with van der Waals surface area (Å²) in [5.41, 5.74) is 2.12. The second-order valence-electron chi connectivity index (χ2n) is 7.33. The summed E-state index contributed by atoms with van der Waals surface area (Å²) in [5, 5.41) is 9.87. The summed E-state index contributed by atoms with van der Waals surface area (Å²) in [6.45, 7) is 3.83. The third-order valence-electron chi connectivity index (χ3n) is 5.33. The van der Waals surface area contributed by atoms with Crippen LogP contribution in [0.1, 0.15) is 53.5 Å². The molecular formula is C24H25ClN2O4S. The van der Waals surface area contributed by atoms with Crippen LogP contribution in [0.25, 0.3) is 0 Å². The highest BCUT2D eigenvalue weighted by Gasteiger charge is 2.32. The lowest BCUT2D eigenvalue weighted by Crippen LogP contribution is -2.35. The van der Waals surface area contributed by atoms with Crippen molar-refractivity contribution in [3.05, 3.63) is 94.3 Å². The first-order valence-corrected chi connectivity index (χ1v) is 12.1. The average Bonchev–Trinajstić information content (AvgIpc) is 2.80. The Balaban J connectivity index is 2.12. The van der Waals surface area contributed by atoms with Gasteiger partial charge in [-0.25, -0.2) is 13.2 Å². The second kappa shape index (κ2) is 10.3. The number of carboxylic acids is 1. The molecule has 0 spiro atoms. The molecule has 168 valence electrons. The van der Waals surface area contributed by atoms with Crippen LogP contribution < -0.4 is 0 Å². The fourth-order valence-corrected chi connectivity index (χ4v) is 5.43. The Morgan fingerprint density at radius 2 is 1.75 bits per heavy atom. The number of carbonyl (C=O) groups is 1. The molecule has 0 amide bonds. The molecule has 1 atom stereocenters. The van der Waals surface area contributed by atoms with Crippen LogP contribution in [0.15, 0.2) is 71.8 Å². The quantitative estimate of drug-likeness (QED) is 0.454. The predicted octanol–water partition coefficient (Wildman–Crippen LogP) is 5.34. The van der Waals surface area contributed by atoms with Crippen molar-refractivity contribution in [2.24, 2.45) is 0 Å². The molecule has 0 aliphatic carbocycles. The molecule has 0 aliphatic heterocycles. The molecule has 8 heteroatoms. The first-order valence-electron chi connectivity index (χ1n) is 10.3. The van der Waals surface area contributed by atoms with Crippen molar-refractivity contribution >= 4 is 27.6 Å². The molecule has 6 nitrogen and oxygen atoms in total. The molecule has 0 fully saturated rings. The smallest absolute Gasteiger partial charge is 0.337 e. The standard InChI is InChI=1S/C24H25ClN2O4S/c1-3-17-14-19(24(28)29)15-26-22(17)16-27(32(30,31)21-8-6-5-7-9-21)23(4-2)18-10-12-20(25)13-11-18/h5-15,23H,3-4,16H2,1-2H3,(H,28,29). The molecule has 0 aliphatic rings. The molecule has 1 heterocycles. The van der Waals surface area contributed by atoms with Gasteiger partial charge in [-0.3, -0.25) is 4.98 Å². The van der Waals surface area contributed by atoms with Gasteiger partial charge in [0.05, 0.1) is 28.7 Å². The van der Waals surface area contributed by atoms with Gasteiger partial charge < -0.3 is 5.11 Å². The maximum absolute atomic E-state index is 13.7. The van der Waals surface area contributed by atoms with E-state index in [1.165, 1.54) is 10.5 Å². The molecule has 32 heavy (non-hydrogen) atoms. The number of hydrogen-bond donors (Lipinski definition) is 1. The van der Waals surface area contributed by atoms with Gasteiger partial charge in [0, 0.05) is 11.2 Å². The van der Waals surface area contributed by atoms with Gasteiger partial charge in [0.25, 0.3) is 0 Å². The van der Waals surface area contributed by atoms with Crippen LogP contribution in [0.5, 0.6) is 0 Å². The molecular weight excluding hydrogens is 448 g/mol. The number of halogens is 1. The van der Waals surface area contributed by atoms with E-state index in [0.717, 1.165) is 5.56 Å². The predicted molar refractivity (Wildman–Crippen MR) is 124 cm³/mol. The number of aromatic nitrogens is 1. The van der Waals surface area contributed by atoms with E-state index in [1.54, 1.807) is 48.5 Å². The largest absolute Gasteiger partial charge is 0.478 e. The van der Waals surface area contributed by atoms with Crippen molar-refractivity contribution < 1.29 is 18.3 Å². The van der Waals surface area contributed by atoms with E-state index >= 15 is 0 Å². The Morgan fingerprint density at radius 3 is 2.31 bits per heavy atom. The lowest BCUT2D eigenvalue weighted by Gasteiger charge is -2.31. The minimum absolute atomic E-state index is 0.0153. The molecule has 0 saturated heterocycles. The molecule has 1 aromatic heterocycles. The minimum Gasteiger partial charge on any atom is -0.478 e. The maximum Gasteiger partial charge on any atom is 0.337 e. The number of aryl methyl sites for hydroxylation is 1. The Hall–Kier alpha value is -2.74. The van der Waals surface area contributed by atoms with Crippen molar-refractivity contribution in [3.63, 3.8) is 0 Å². The summed E-state index contributed by atoms with van der Waals surface area (Å²) in [4.78, 5) is 15.9. The zero-order valence-corrected chi connectivity index (χ0v) is 19.5. The molecule has 0 saturated carbocycles. The Bertz CT molecular complexity index is 1180. The molecule has 2 aromatic carbocycles. The summed E-state index contributed by atoms with van der Waals surface area (Å²) in [7, 11) is -3.88. The monoisotopic (exact) mass is 472 g/mol. The van der Waals surface area contributed by atoms with E-state index in [9.17, 15) is 18.3 Å². The summed E-state index contributed by atoms with van der Waals surface area (Å²) >= 11 is 6.04. The number of sulfonamides is 1. The van der Waals surface area contributed by atoms with Gasteiger partial charge >= 0.3 is 5.97 Å². The molecule has 3 rings (SSSR count). The normalized spacial score (nSPS) is 12.6. The third-order valence-corrected chi connectivity index (χ3v) is 7.45. The molecule has 1 unspecified atom stereocenters. The van der Waals surface area contributed by atoms with E-state index < -0.39 is 22.0 Å². The highest BCUT2D eigenvalue weighted by atomic mass is 35.5. The molecule has 3 aromatic rings. The fourth-order valence-electron chi connectivity index (χ4n) is 3.63. The number of hydrogen-bond acceptors (Lipinski definition) is 4. The first kappa shape index (κ1) is 23.9. The lowest BCUT2D eigenvalue weighted by atomic mass is 10.0. The topological polar surface area (TPSA) is 87.6 Å². The van der Waals surface area contributed by atoms with Crippen LogP contribution in [0.4, 0.5) is 0 Å². The summed E-state index contributed by atoms with van der Waals surface area (Å²) in [5.74, 6) is -1.07. The van der Waals surface area contributed by atoms with E-state index in [2.05, 4.69) is 4.98 Å². The van der Waals surface area contributed by atoms with Crippen LogP contribution in [0, 0.1) is 0 Å². The summed E-state index contributed by atoms with van der Waals surface area (Å²) < 4.78 is 28.9. The Morgan fingerprint density at radius 1 is 1.09 bits per heavy atom. The van der Waals surface area contributed by atoms with Gasteiger partial charge in [-0.2, -0.15) is 4.31 Å². The van der Waals surface area contributed by atoms with Gasteiger partial charge in [0.15, 0.2) is 0 Å². The number of aromatic carboxylic acids is 1. The number of pyridine rings is 1. The van der Waals surface area contributed by atoms with Crippen molar-refractivity contribution in [2.75, 3.05) is 0 Å². The van der Waals surface area contributed by atoms with E-state index in [4.69, 9.17) is 11.6 Å². The first-order chi connectivity index (χ1) is 15.3. The van der Waals surface area contributed by atoms with Gasteiger partial charge in [0.2, 0.25) is 10.0 Å². The van der Waals surface area contributed by atoms with E-state index in [1.807, 2.05) is 26.0 Å². The van der Waals surface area contributed by atoms with Crippen LogP contribution in [-0.2, 0) is 23.0 Å². The van der Waals surface area contributed by atoms with Crippen LogP contribution in [0.2, 0.25) is 5.02 Å². The van der Waals surface area contributed by atoms with Crippen molar-refractivity contribution in [3.8, 4) is 0 Å². The van der Waals surface area contributed by atoms with Crippen LogP contribution in [0.3, 0.4) is 0 Å². The molecule has 0 radical (unpaired) electrons. The van der Waals surface area contributed by atoms with E-state index in [-0.39, 0.29) is 17.0 Å². The average molecular weight is 473 g/mol. The Kier molecular flexibility index (Phi) is 7.66. The fraction of sp³-hybridized carbons (Fsp3) is 0.250. The lowest BCUT2D eigenvalue weighted by molar-refractivity contribution is 0.0696. The molecule has 1 N–H and O–H groups in total. The Labute approximate surface area is 193 Å². The number of nitrogens with zero attached hydrogens (tertiary/aromatic N) is 2. The number of rotatable bonds is 9. The minimum atomic E-state index is -3.88. The number of carboxylic acid groups (broad SMARTS) is 1. The summed E-state index contributed by atoms with van der Waals surface area (Å²) in [6.07, 6.45) is 2.33. The van der Waals surface area contributed by atoms with Crippen LogP contribution >= 0.6 is 11.6 Å². The highest BCUT2D eigenvalue weighted by Crippen LogP contribution is 2.33. The SMILES string of the molecule is CCc1cc(C(=O)O)cnc1CN(C(CC)c1ccc(Cl)cc1)S(=O)(=O)c1ccccc1. The zero-order valence-electron chi connectivity index (χ0n) is 17.9. The zero-order chi connectivity index (χ0) is 23.3.